The Labute approximate surface area is 169 Å². The molecule has 0 aromatic heterocycles. The van der Waals surface area contributed by atoms with Crippen LogP contribution in [0.1, 0.15) is 11.6 Å². The molecule has 3 rings (SSSR count). The second-order valence-corrected chi connectivity index (χ2v) is 8.46. The molecule has 2 aromatic rings. The molecule has 29 heavy (non-hydrogen) atoms. The molecule has 156 valence electrons. The fraction of sp³-hybridized carbons (Fsp3) is 0.368. The second kappa shape index (κ2) is 9.31. The summed E-state index contributed by atoms with van der Waals surface area (Å²) in [5.74, 6) is 0.00585. The molecule has 0 radical (unpaired) electrons. The first-order valence-corrected chi connectivity index (χ1v) is 10.7. The Kier molecular flexibility index (Phi) is 6.80. The molecule has 0 amide bonds. The van der Waals surface area contributed by atoms with E-state index in [1.54, 1.807) is 0 Å². The third-order valence-corrected chi connectivity index (χ3v) is 6.32. The molecule has 1 saturated heterocycles. The number of hydrogen-bond acceptors (Lipinski definition) is 6. The monoisotopic (exact) mass is 422 g/mol. The molecule has 1 fully saturated rings. The van der Waals surface area contributed by atoms with Gasteiger partial charge >= 0.3 is 5.69 Å². The van der Waals surface area contributed by atoms with Crippen molar-refractivity contribution >= 4 is 15.7 Å². The van der Waals surface area contributed by atoms with Crippen LogP contribution in [0, 0.1) is 10.1 Å². The Balaban J connectivity index is 1.89. The van der Waals surface area contributed by atoms with Gasteiger partial charge in [-0.25, -0.2) is 8.42 Å². The van der Waals surface area contributed by atoms with Crippen molar-refractivity contribution in [2.75, 3.05) is 40.0 Å². The summed E-state index contributed by atoms with van der Waals surface area (Å²) < 4.78 is 39.1. The normalized spacial score (nSPS) is 16.3. The standard InChI is InChI=1S/C19H23N3O6S/c1-27-19-8-7-16(13-18(19)22(23)24)29(25,26)20-17(15-5-3-2-4-6-15)14-21-9-11-28-12-10-21/h2-8,13,17,20H,9-12,14H2,1H3/p+1/t17-/m1/s1. The molecule has 2 N–H and O–H groups in total. The number of morpholine rings is 1. The maximum absolute atomic E-state index is 13.0. The van der Waals surface area contributed by atoms with Crippen LogP contribution < -0.4 is 14.4 Å². The van der Waals surface area contributed by atoms with Crippen LogP contribution in [0.15, 0.2) is 53.4 Å². The number of nitro groups is 1. The summed E-state index contributed by atoms with van der Waals surface area (Å²) >= 11 is 0. The number of rotatable bonds is 8. The lowest BCUT2D eigenvalue weighted by Crippen LogP contribution is -3.14. The van der Waals surface area contributed by atoms with E-state index in [1.807, 2.05) is 30.3 Å². The van der Waals surface area contributed by atoms with Crippen LogP contribution >= 0.6 is 0 Å². The first kappa shape index (κ1) is 21.2. The summed E-state index contributed by atoms with van der Waals surface area (Å²) in [6.07, 6.45) is 0. The van der Waals surface area contributed by atoms with Crippen LogP contribution in [0.2, 0.25) is 0 Å². The zero-order valence-corrected chi connectivity index (χ0v) is 16.9. The van der Waals surface area contributed by atoms with Crippen molar-refractivity contribution in [2.45, 2.75) is 10.9 Å². The number of nitrogens with one attached hydrogen (secondary N) is 2. The summed E-state index contributed by atoms with van der Waals surface area (Å²) in [4.78, 5) is 11.7. The number of hydrogen-bond donors (Lipinski definition) is 2. The predicted octanol–water partition coefficient (Wildman–Crippen LogP) is 0.538. The van der Waals surface area contributed by atoms with Gasteiger partial charge in [0.15, 0.2) is 5.75 Å². The van der Waals surface area contributed by atoms with Crippen LogP contribution in [0.5, 0.6) is 5.75 Å². The van der Waals surface area contributed by atoms with Gasteiger partial charge in [0, 0.05) is 6.07 Å². The van der Waals surface area contributed by atoms with Gasteiger partial charge < -0.3 is 14.4 Å². The lowest BCUT2D eigenvalue weighted by molar-refractivity contribution is -0.909. The lowest BCUT2D eigenvalue weighted by atomic mass is 10.1. The van der Waals surface area contributed by atoms with Crippen LogP contribution in [0.25, 0.3) is 0 Å². The van der Waals surface area contributed by atoms with E-state index in [9.17, 15) is 18.5 Å². The minimum atomic E-state index is -3.99. The predicted molar refractivity (Wildman–Crippen MR) is 106 cm³/mol. The summed E-state index contributed by atoms with van der Waals surface area (Å²) in [6, 6.07) is 12.4. The highest BCUT2D eigenvalue weighted by atomic mass is 32.2. The van der Waals surface area contributed by atoms with Gasteiger partial charge in [0.25, 0.3) is 0 Å². The van der Waals surface area contributed by atoms with Crippen molar-refractivity contribution in [3.05, 3.63) is 64.2 Å². The highest BCUT2D eigenvalue weighted by Crippen LogP contribution is 2.29. The molecule has 9 nitrogen and oxygen atoms in total. The van der Waals surface area contributed by atoms with E-state index in [0.29, 0.717) is 19.8 Å². The fourth-order valence-corrected chi connectivity index (χ4v) is 4.54. The summed E-state index contributed by atoms with van der Waals surface area (Å²) in [5, 5.41) is 11.3. The molecule has 1 heterocycles. The molecular formula is C19H24N3O6S+. The zero-order chi connectivity index (χ0) is 20.9. The largest absolute Gasteiger partial charge is 0.490 e. The molecule has 0 aliphatic carbocycles. The highest BCUT2D eigenvalue weighted by Gasteiger charge is 2.28. The molecule has 1 atom stereocenters. The molecule has 2 aromatic carbocycles. The number of ether oxygens (including phenoxy) is 2. The number of sulfonamides is 1. The Morgan fingerprint density at radius 2 is 1.90 bits per heavy atom. The topological polar surface area (TPSA) is 112 Å². The third-order valence-electron chi connectivity index (χ3n) is 4.85. The van der Waals surface area contributed by atoms with Gasteiger partial charge in [0.2, 0.25) is 10.0 Å². The van der Waals surface area contributed by atoms with Gasteiger partial charge in [-0.15, -0.1) is 0 Å². The highest BCUT2D eigenvalue weighted by molar-refractivity contribution is 7.89. The quantitative estimate of drug-likeness (QED) is 0.474. The van der Waals surface area contributed by atoms with Gasteiger partial charge in [-0.3, -0.25) is 10.1 Å². The average Bonchev–Trinajstić information content (AvgIpc) is 2.74. The van der Waals surface area contributed by atoms with Crippen LogP contribution in [-0.4, -0.2) is 53.3 Å². The van der Waals surface area contributed by atoms with E-state index < -0.39 is 26.7 Å². The van der Waals surface area contributed by atoms with Crippen molar-refractivity contribution < 1.29 is 27.7 Å². The maximum Gasteiger partial charge on any atom is 0.312 e. The number of quaternary nitrogens is 1. The average molecular weight is 422 g/mol. The van der Waals surface area contributed by atoms with Gasteiger partial charge in [-0.2, -0.15) is 4.72 Å². The lowest BCUT2D eigenvalue weighted by Gasteiger charge is -2.28. The molecule has 0 spiro atoms. The van der Waals surface area contributed by atoms with E-state index in [1.165, 1.54) is 24.1 Å². The molecule has 0 unspecified atom stereocenters. The minimum Gasteiger partial charge on any atom is -0.490 e. The summed E-state index contributed by atoms with van der Waals surface area (Å²) in [6.45, 7) is 3.39. The maximum atomic E-state index is 13.0. The summed E-state index contributed by atoms with van der Waals surface area (Å²) in [7, 11) is -2.70. The molecular weight excluding hydrogens is 398 g/mol. The second-order valence-electron chi connectivity index (χ2n) is 6.74. The fourth-order valence-electron chi connectivity index (χ4n) is 3.30. The number of benzene rings is 2. The zero-order valence-electron chi connectivity index (χ0n) is 16.0. The molecule has 0 saturated carbocycles. The Bertz CT molecular complexity index is 946. The molecule has 1 aliphatic rings. The van der Waals surface area contributed by atoms with Crippen LogP contribution in [-0.2, 0) is 14.8 Å². The third kappa shape index (κ3) is 5.30. The van der Waals surface area contributed by atoms with E-state index in [-0.39, 0.29) is 10.6 Å². The van der Waals surface area contributed by atoms with Gasteiger partial charge in [0.1, 0.15) is 13.1 Å². The SMILES string of the molecule is COc1ccc(S(=O)(=O)N[C@H](C[NH+]2CCOCC2)c2ccccc2)cc1[N+](=O)[O-]. The van der Waals surface area contributed by atoms with Crippen LogP contribution in [0.4, 0.5) is 5.69 Å². The number of methoxy groups -OCH3 is 1. The van der Waals surface area contributed by atoms with Crippen molar-refractivity contribution in [2.24, 2.45) is 0 Å². The first-order valence-electron chi connectivity index (χ1n) is 9.22. The Morgan fingerprint density at radius 3 is 2.52 bits per heavy atom. The smallest absolute Gasteiger partial charge is 0.312 e. The van der Waals surface area contributed by atoms with E-state index in [2.05, 4.69) is 4.72 Å². The van der Waals surface area contributed by atoms with Crippen molar-refractivity contribution in [3.8, 4) is 5.75 Å². The number of nitrogens with zero attached hydrogens (tertiary/aromatic N) is 1. The van der Waals surface area contributed by atoms with Crippen molar-refractivity contribution in [1.29, 1.82) is 0 Å². The Hall–Kier alpha value is -2.53. The molecule has 1 aliphatic heterocycles. The Morgan fingerprint density at radius 1 is 1.21 bits per heavy atom. The molecule has 0 bridgehead atoms. The molecule has 10 heteroatoms. The van der Waals surface area contributed by atoms with Crippen molar-refractivity contribution in [3.63, 3.8) is 0 Å². The first-order chi connectivity index (χ1) is 13.9. The summed E-state index contributed by atoms with van der Waals surface area (Å²) in [5.41, 5.74) is 0.434. The van der Waals surface area contributed by atoms with Crippen molar-refractivity contribution in [1.82, 2.24) is 4.72 Å². The van der Waals surface area contributed by atoms with E-state index in [4.69, 9.17) is 9.47 Å². The minimum absolute atomic E-state index is 0.00585. The number of nitro benzene ring substituents is 1. The van der Waals surface area contributed by atoms with Gasteiger partial charge in [0.05, 0.1) is 42.7 Å². The van der Waals surface area contributed by atoms with E-state index >= 15 is 0 Å². The van der Waals surface area contributed by atoms with Crippen LogP contribution in [0.3, 0.4) is 0 Å². The van der Waals surface area contributed by atoms with Gasteiger partial charge in [-0.05, 0) is 17.7 Å². The van der Waals surface area contributed by atoms with E-state index in [0.717, 1.165) is 24.7 Å². The van der Waals surface area contributed by atoms with Gasteiger partial charge in [-0.1, -0.05) is 30.3 Å².